The Morgan fingerprint density at radius 2 is 0.910 bits per heavy atom. The van der Waals surface area contributed by atoms with Crippen molar-refractivity contribution in [2.45, 2.75) is 126 Å². The van der Waals surface area contributed by atoms with Crippen LogP contribution in [0.15, 0.2) is 166 Å². The number of nitrogens with zero attached hydrogens (tertiary/aromatic N) is 10. The molecule has 4 aromatic carbocycles. The van der Waals surface area contributed by atoms with Crippen molar-refractivity contribution < 1.29 is 33.6 Å². The highest BCUT2D eigenvalue weighted by atomic mass is 79.9. The van der Waals surface area contributed by atoms with Crippen molar-refractivity contribution in [3.05, 3.63) is 237 Å². The molecule has 24 heteroatoms. The quantitative estimate of drug-likeness (QED) is 0.0895. The molecule has 2 aliphatic rings. The molecule has 10 heterocycles. The summed E-state index contributed by atoms with van der Waals surface area (Å²) in [6, 6.07) is 39.3. The van der Waals surface area contributed by atoms with Crippen molar-refractivity contribution in [1.29, 1.82) is 0 Å². The monoisotopic (exact) mass is 1750 g/mol. The third-order valence-corrected chi connectivity index (χ3v) is 22.7. The van der Waals surface area contributed by atoms with Gasteiger partial charge in [0.05, 0.1) is 56.7 Å². The molecule has 572 valence electrons. The Morgan fingerprint density at radius 1 is 0.514 bits per heavy atom. The van der Waals surface area contributed by atoms with Gasteiger partial charge >= 0.3 is 11.9 Å². The molecule has 2 atom stereocenters. The van der Waals surface area contributed by atoms with Crippen LogP contribution in [-0.2, 0) is 62.5 Å². The Morgan fingerprint density at radius 3 is 1.35 bits per heavy atom. The highest BCUT2D eigenvalue weighted by Gasteiger charge is 2.36. The fourth-order valence-corrected chi connectivity index (χ4v) is 17.2. The topological polar surface area (TPSA) is 196 Å². The predicted molar refractivity (Wildman–Crippen MR) is 463 cm³/mol. The fraction of sp³-hybridized carbons (Fsp3) is 0.276. The maximum atomic E-state index is 13.3. The fourth-order valence-electron chi connectivity index (χ4n) is 13.8. The van der Waals surface area contributed by atoms with E-state index >= 15 is 0 Å². The molecule has 17 nitrogen and oxygen atoms in total. The van der Waals surface area contributed by atoms with Crippen LogP contribution in [-0.4, -0.2) is 90.6 Å². The zero-order chi connectivity index (χ0) is 79.8. The molecule has 0 unspecified atom stereocenters. The third-order valence-electron chi connectivity index (χ3n) is 18.7. The Balaban J connectivity index is 0.000000144. The van der Waals surface area contributed by atoms with E-state index in [1.807, 2.05) is 193 Å². The third kappa shape index (κ3) is 18.3. The van der Waals surface area contributed by atoms with Crippen LogP contribution in [0.25, 0.3) is 109 Å². The van der Waals surface area contributed by atoms with Gasteiger partial charge in [0.25, 0.3) is 0 Å². The highest BCUT2D eigenvalue weighted by molar-refractivity contribution is 9.11. The first-order valence-corrected chi connectivity index (χ1v) is 40.7. The minimum atomic E-state index is -1.15. The number of carbonyl (C=O) groups excluding carboxylic acids is 1. The minimum absolute atomic E-state index is 0.262. The molecule has 0 saturated heterocycles. The molecule has 16 rings (SSSR count). The van der Waals surface area contributed by atoms with Crippen LogP contribution in [0, 0.1) is 34.6 Å². The number of aryl methyl sites for hydroxylation is 8. The number of pyridine rings is 5. The van der Waals surface area contributed by atoms with E-state index in [1.54, 1.807) is 25.4 Å². The molecule has 2 aliphatic carbocycles. The summed E-state index contributed by atoms with van der Waals surface area (Å²) in [6.07, 6.45) is 10.3. The molecule has 0 spiro atoms. The van der Waals surface area contributed by atoms with Gasteiger partial charge in [-0.25, -0.2) is 44.5 Å². The highest BCUT2D eigenvalue weighted by Crippen LogP contribution is 2.47. The molecule has 14 aromatic rings. The van der Waals surface area contributed by atoms with E-state index in [0.717, 1.165) is 152 Å². The number of carbonyl (C=O) groups is 2. The average Bonchev–Trinajstić information content (AvgIpc) is 1.71. The van der Waals surface area contributed by atoms with Gasteiger partial charge in [0.2, 0.25) is 0 Å². The Kier molecular flexibility index (Phi) is 24.9. The summed E-state index contributed by atoms with van der Waals surface area (Å²) >= 11 is 25.5. The van der Waals surface area contributed by atoms with Crippen LogP contribution >= 0.6 is 93.7 Å². The molecule has 1 N–H and O–H groups in total. The number of aromatic nitrogens is 10. The van der Waals surface area contributed by atoms with Crippen LogP contribution in [0.3, 0.4) is 0 Å². The summed E-state index contributed by atoms with van der Waals surface area (Å²) in [7, 11) is 7.68. The summed E-state index contributed by atoms with van der Waals surface area (Å²) in [5.74, 6) is -0.519. The number of fused-ring (bicyclic) bond motifs is 7. The lowest BCUT2D eigenvalue weighted by molar-refractivity contribution is -0.166. The van der Waals surface area contributed by atoms with E-state index in [-0.39, 0.29) is 6.61 Å². The van der Waals surface area contributed by atoms with Gasteiger partial charge < -0.3 is 37.8 Å². The van der Waals surface area contributed by atoms with Crippen LogP contribution in [0.1, 0.15) is 129 Å². The van der Waals surface area contributed by atoms with E-state index in [0.29, 0.717) is 15.6 Å². The largest absolute Gasteiger partial charge is 0.496 e. The van der Waals surface area contributed by atoms with E-state index in [9.17, 15) is 14.7 Å². The molecule has 0 radical (unpaired) electrons. The zero-order valence-corrected chi connectivity index (χ0v) is 72.7. The van der Waals surface area contributed by atoms with Gasteiger partial charge in [-0.1, -0.05) is 59.6 Å². The molecule has 0 saturated carbocycles. The molecule has 111 heavy (non-hydrogen) atoms. The zero-order valence-electron chi connectivity index (χ0n) is 64.8. The van der Waals surface area contributed by atoms with Gasteiger partial charge in [-0.3, -0.25) is 0 Å². The van der Waals surface area contributed by atoms with Gasteiger partial charge in [-0.05, 0) is 285 Å². The number of hydrogen-bond donors (Lipinski definition) is 1. The Hall–Kier alpha value is -8.81. The predicted octanol–water partition coefficient (Wildman–Crippen LogP) is 23.8. The number of esters is 1. The van der Waals surface area contributed by atoms with Crippen LogP contribution < -0.4 is 0 Å². The number of aliphatic carboxylic acids is 1. The Labute approximate surface area is 689 Å². The first kappa shape index (κ1) is 81.7. The molecule has 0 fully saturated rings. The van der Waals surface area contributed by atoms with Crippen LogP contribution in [0.5, 0.6) is 0 Å². The number of rotatable bonds is 12. The molecule has 0 amide bonds. The van der Waals surface area contributed by atoms with Gasteiger partial charge in [-0.2, -0.15) is 0 Å². The first-order valence-electron chi connectivity index (χ1n) is 36.0. The summed E-state index contributed by atoms with van der Waals surface area (Å²) in [5.41, 5.74) is 21.0. The van der Waals surface area contributed by atoms with Gasteiger partial charge in [0.1, 0.15) is 57.9 Å². The van der Waals surface area contributed by atoms with E-state index in [1.165, 1.54) is 50.2 Å². The number of benzene rings is 4. The second-order valence-corrected chi connectivity index (χ2v) is 34.6. The lowest BCUT2D eigenvalue weighted by Gasteiger charge is -2.29. The average molecular weight is 1760 g/mol. The van der Waals surface area contributed by atoms with Gasteiger partial charge in [0.15, 0.2) is 12.2 Å². The van der Waals surface area contributed by atoms with E-state index in [4.69, 9.17) is 62.1 Å². The summed E-state index contributed by atoms with van der Waals surface area (Å²) in [5, 5.41) is 16.5. The summed E-state index contributed by atoms with van der Waals surface area (Å²) in [6.45, 7) is 25.7. The number of thiazole rings is 2. The second-order valence-electron chi connectivity index (χ2n) is 29.3. The van der Waals surface area contributed by atoms with Gasteiger partial charge in [-0.15, -0.1) is 22.7 Å². The normalized spacial score (nSPS) is 13.0. The van der Waals surface area contributed by atoms with Crippen molar-refractivity contribution in [2.24, 2.45) is 21.1 Å². The molecule has 10 aromatic heterocycles. The number of halogens is 5. The number of allylic oxidation sites excluding steroid dienone is 3. The van der Waals surface area contributed by atoms with Crippen molar-refractivity contribution in [2.75, 3.05) is 13.7 Å². The van der Waals surface area contributed by atoms with Crippen LogP contribution in [0.4, 0.5) is 0 Å². The Bertz CT molecular complexity index is 5970. The maximum absolute atomic E-state index is 13.3. The first-order chi connectivity index (χ1) is 52.6. The standard InChI is InChI=1S/C31H32ClN3O3S.C29H28ClN3O3S.C9H9BrN2.C9H8BrNO.C9H8BrN/c1-8-37-30(36)26(38-31(4,5)6)24-17(2)15-23-27(25(24)19-9-11-20(32)12-10-19)39-29(34-23)22-14-13-21-18(3)16-35(7)28(21)33-22;1-15-13-21-25(37-27(32-21)20-12-11-19-16(2)14-33(6)26(19)31-20)23(17-7-9-18(30)10-8-17)22(15)24(28(34)35)36-29(3,4)5;1-6-5-12(2)9-7(6)3-4-8(10)11-9;1-12-8-4-3-7-6(8)2-5-9(10)11-7;1-6-2-4-8-7(6)3-5-9(10)11-8/h9-16,26H,8H2,1-7H3;7-14,24H,1-6H3,(H,34,35);3-5H,1-2H3;2,4-5H,3H2,1H3;2-3,5H,4H2,1H3/t26-;24-;;;/m00.../s1. The van der Waals surface area contributed by atoms with Crippen LogP contribution in [0.2, 0.25) is 10.0 Å². The lowest BCUT2D eigenvalue weighted by Crippen LogP contribution is -2.29. The smallest absolute Gasteiger partial charge is 0.339 e. The van der Waals surface area contributed by atoms with Crippen molar-refractivity contribution in [3.63, 3.8) is 0 Å². The molecular weight excluding hydrogens is 1670 g/mol. The van der Waals surface area contributed by atoms with Crippen molar-refractivity contribution >= 4 is 170 Å². The SMILES string of the molecule is CC1=CCc2nc(Br)ccc21.CCOC(=O)[C@@H](OC(C)(C)C)c1c(C)cc2nc(-c3ccc4c(C)cn(C)c4n3)sc2c1-c1ccc(Cl)cc1.COC1=CCc2nc(Br)ccc21.Cc1cc2nc(-c3ccc4c(C)cn(C)c4n3)sc2c(-c2ccc(Cl)cc2)c1[C@H](OC(C)(C)C)C(=O)O.Cc1cn(C)c2nc(Br)ccc12. The number of hydrogen-bond acceptors (Lipinski definition) is 15. The number of methoxy groups -OCH3 is 1. The minimum Gasteiger partial charge on any atom is -0.496 e. The van der Waals surface area contributed by atoms with Crippen molar-refractivity contribution in [3.8, 4) is 43.7 Å². The molecule has 0 bridgehead atoms. The summed E-state index contributed by atoms with van der Waals surface area (Å²) in [4.78, 5) is 58.7. The van der Waals surface area contributed by atoms with E-state index in [2.05, 4.69) is 139 Å². The number of ether oxygens (including phenoxy) is 4. The van der Waals surface area contributed by atoms with Crippen molar-refractivity contribution in [1.82, 2.24) is 48.6 Å². The molecular formula is C87H85Br3Cl2N10O7S2. The van der Waals surface area contributed by atoms with Gasteiger partial charge in [0, 0.05) is 107 Å². The number of carboxylic acid groups (broad SMARTS) is 1. The lowest BCUT2D eigenvalue weighted by atomic mass is 9.91. The second kappa shape index (κ2) is 33.9. The maximum Gasteiger partial charge on any atom is 0.339 e. The summed E-state index contributed by atoms with van der Waals surface area (Å²) < 4.78 is 33.8. The number of carboxylic acids is 1. The molecule has 0 aliphatic heterocycles. The van der Waals surface area contributed by atoms with E-state index < -0.39 is 35.3 Å².